The van der Waals surface area contributed by atoms with Gasteiger partial charge in [0.2, 0.25) is 0 Å². The summed E-state index contributed by atoms with van der Waals surface area (Å²) in [5, 5.41) is 0.950. The topological polar surface area (TPSA) is 95.8 Å². The molecule has 4 aromatic rings. The van der Waals surface area contributed by atoms with Crippen molar-refractivity contribution in [3.05, 3.63) is 89.1 Å². The van der Waals surface area contributed by atoms with Crippen LogP contribution in [0.5, 0.6) is 5.75 Å². The van der Waals surface area contributed by atoms with E-state index in [9.17, 15) is 9.59 Å². The first kappa shape index (κ1) is 29.3. The van der Waals surface area contributed by atoms with Gasteiger partial charge in [-0.1, -0.05) is 12.1 Å². The number of piperidine rings is 1. The van der Waals surface area contributed by atoms with Crippen LogP contribution in [-0.2, 0) is 16.0 Å². The Kier molecular flexibility index (Phi) is 8.31. The molecule has 9 nitrogen and oxygen atoms in total. The number of likely N-dealkylation sites (tertiary alicyclic amines) is 1. The summed E-state index contributed by atoms with van der Waals surface area (Å²) in [5.41, 5.74) is 3.74. The Bertz CT molecular complexity index is 1570. The summed E-state index contributed by atoms with van der Waals surface area (Å²) in [6.45, 7) is 8.97. The quantitative estimate of drug-likeness (QED) is 0.245. The Balaban J connectivity index is 1.53. The number of methoxy groups -OCH3 is 2. The van der Waals surface area contributed by atoms with Crippen LogP contribution in [-0.4, -0.2) is 57.9 Å². The maximum absolute atomic E-state index is 13.1. The van der Waals surface area contributed by atoms with Crippen molar-refractivity contribution in [2.24, 2.45) is 0 Å². The number of rotatable bonds is 6. The number of aromatic nitrogens is 3. The highest BCUT2D eigenvalue weighted by atomic mass is 16.6. The third kappa shape index (κ3) is 6.01. The predicted octanol–water partition coefficient (Wildman–Crippen LogP) is 6.44. The highest BCUT2D eigenvalue weighted by Crippen LogP contribution is 2.41. The summed E-state index contributed by atoms with van der Waals surface area (Å²) in [4.78, 5) is 36.7. The lowest BCUT2D eigenvalue weighted by molar-refractivity contribution is 0.0542. The van der Waals surface area contributed by atoms with Crippen molar-refractivity contribution in [2.75, 3.05) is 20.8 Å². The average molecular weight is 571 g/mol. The van der Waals surface area contributed by atoms with Gasteiger partial charge in [-0.05, 0) is 88.5 Å². The van der Waals surface area contributed by atoms with Crippen LogP contribution < -0.4 is 4.74 Å². The predicted molar refractivity (Wildman–Crippen MR) is 160 cm³/mol. The number of ether oxygens (including phenoxy) is 3. The van der Waals surface area contributed by atoms with Crippen molar-refractivity contribution in [3.8, 4) is 5.75 Å². The molecule has 0 aliphatic carbocycles. The lowest BCUT2D eigenvalue weighted by Crippen LogP contribution is -2.36. The van der Waals surface area contributed by atoms with Gasteiger partial charge in [0.25, 0.3) is 0 Å². The SMILES string of the molecule is COC(=O)c1ccc([C@@H]2CC(c3ncccn3)CCN2Cc2c(OC)cc(C)c3c2ccn3C(=O)OC(C)(C)C)cc1. The van der Waals surface area contributed by atoms with E-state index in [1.807, 2.05) is 70.2 Å². The molecule has 2 aromatic heterocycles. The molecule has 0 bridgehead atoms. The van der Waals surface area contributed by atoms with Gasteiger partial charge >= 0.3 is 12.1 Å². The van der Waals surface area contributed by atoms with E-state index in [1.54, 1.807) is 30.3 Å². The van der Waals surface area contributed by atoms with Crippen LogP contribution in [0.4, 0.5) is 4.79 Å². The van der Waals surface area contributed by atoms with Gasteiger partial charge in [-0.3, -0.25) is 9.47 Å². The summed E-state index contributed by atoms with van der Waals surface area (Å²) in [7, 11) is 3.06. The fraction of sp³-hybridized carbons (Fsp3) is 0.394. The second-order valence-electron chi connectivity index (χ2n) is 11.7. The first-order chi connectivity index (χ1) is 20.1. The van der Waals surface area contributed by atoms with Gasteiger partial charge in [0.1, 0.15) is 17.2 Å². The average Bonchev–Trinajstić information content (AvgIpc) is 3.44. The fourth-order valence-corrected chi connectivity index (χ4v) is 5.84. The number of esters is 1. The molecule has 2 aromatic carbocycles. The van der Waals surface area contributed by atoms with E-state index < -0.39 is 11.7 Å². The minimum atomic E-state index is -0.611. The molecule has 1 fully saturated rings. The zero-order chi connectivity index (χ0) is 30.0. The fourth-order valence-electron chi connectivity index (χ4n) is 5.84. The van der Waals surface area contributed by atoms with E-state index >= 15 is 0 Å². The maximum atomic E-state index is 13.1. The van der Waals surface area contributed by atoms with Gasteiger partial charge in [-0.15, -0.1) is 0 Å². The van der Waals surface area contributed by atoms with Crippen molar-refractivity contribution in [1.82, 2.24) is 19.4 Å². The van der Waals surface area contributed by atoms with Crippen molar-refractivity contribution in [3.63, 3.8) is 0 Å². The third-order valence-corrected chi connectivity index (χ3v) is 7.78. The van der Waals surface area contributed by atoms with Crippen LogP contribution in [0.25, 0.3) is 10.9 Å². The Morgan fingerprint density at radius 2 is 1.76 bits per heavy atom. The summed E-state index contributed by atoms with van der Waals surface area (Å²) in [6, 6.07) is 13.4. The first-order valence-electron chi connectivity index (χ1n) is 14.2. The van der Waals surface area contributed by atoms with Gasteiger partial charge < -0.3 is 14.2 Å². The minimum absolute atomic E-state index is 0.0354. The zero-order valence-corrected chi connectivity index (χ0v) is 25.1. The molecule has 1 saturated heterocycles. The number of carbonyl (C=O) groups excluding carboxylic acids is 2. The summed E-state index contributed by atoms with van der Waals surface area (Å²) >= 11 is 0. The van der Waals surface area contributed by atoms with Crippen LogP contribution in [0.1, 0.15) is 78.4 Å². The first-order valence-corrected chi connectivity index (χ1v) is 14.2. The summed E-state index contributed by atoms with van der Waals surface area (Å²) in [5.74, 6) is 1.45. The van der Waals surface area contributed by atoms with E-state index in [0.717, 1.165) is 58.6 Å². The largest absolute Gasteiger partial charge is 0.496 e. The zero-order valence-electron chi connectivity index (χ0n) is 25.1. The number of aryl methyl sites for hydroxylation is 1. The molecule has 1 aliphatic heterocycles. The number of hydrogen-bond acceptors (Lipinski definition) is 8. The van der Waals surface area contributed by atoms with E-state index in [2.05, 4.69) is 14.9 Å². The van der Waals surface area contributed by atoms with Gasteiger partial charge in [-0.2, -0.15) is 0 Å². The molecule has 0 amide bonds. The molecular formula is C33H38N4O5. The van der Waals surface area contributed by atoms with E-state index in [4.69, 9.17) is 14.2 Å². The number of carbonyl (C=O) groups is 2. The van der Waals surface area contributed by atoms with Crippen LogP contribution in [0.2, 0.25) is 0 Å². The monoisotopic (exact) mass is 570 g/mol. The Morgan fingerprint density at radius 1 is 1.05 bits per heavy atom. The lowest BCUT2D eigenvalue weighted by atomic mass is 9.85. The van der Waals surface area contributed by atoms with E-state index in [0.29, 0.717) is 12.1 Å². The number of benzene rings is 2. The van der Waals surface area contributed by atoms with Gasteiger partial charge in [-0.25, -0.2) is 19.6 Å². The molecule has 2 atom stereocenters. The normalized spacial score (nSPS) is 17.7. The molecule has 1 aliphatic rings. The highest BCUT2D eigenvalue weighted by molar-refractivity contribution is 5.95. The molecule has 1 unspecified atom stereocenters. The molecule has 5 rings (SSSR count). The maximum Gasteiger partial charge on any atom is 0.419 e. The number of hydrogen-bond donors (Lipinski definition) is 0. The number of nitrogens with zero attached hydrogens (tertiary/aromatic N) is 4. The Labute approximate surface area is 246 Å². The lowest BCUT2D eigenvalue weighted by Gasteiger charge is -2.39. The van der Waals surface area contributed by atoms with Crippen molar-refractivity contribution >= 4 is 23.0 Å². The van der Waals surface area contributed by atoms with Crippen LogP contribution in [0.15, 0.2) is 61.1 Å². The molecular weight excluding hydrogens is 532 g/mol. The molecule has 3 heterocycles. The van der Waals surface area contributed by atoms with E-state index in [1.165, 1.54) is 7.11 Å². The smallest absolute Gasteiger partial charge is 0.419 e. The van der Waals surface area contributed by atoms with Crippen LogP contribution in [0.3, 0.4) is 0 Å². The summed E-state index contributed by atoms with van der Waals surface area (Å²) < 4.78 is 18.1. The minimum Gasteiger partial charge on any atom is -0.496 e. The van der Waals surface area contributed by atoms with Crippen LogP contribution in [0, 0.1) is 6.92 Å². The summed E-state index contributed by atoms with van der Waals surface area (Å²) in [6.07, 6.45) is 6.66. The Morgan fingerprint density at radius 3 is 2.40 bits per heavy atom. The molecule has 220 valence electrons. The molecule has 0 saturated carbocycles. The van der Waals surface area contributed by atoms with Gasteiger partial charge in [0, 0.05) is 48.0 Å². The highest BCUT2D eigenvalue weighted by Gasteiger charge is 2.33. The second-order valence-corrected chi connectivity index (χ2v) is 11.7. The number of fused-ring (bicyclic) bond motifs is 1. The van der Waals surface area contributed by atoms with Crippen molar-refractivity contribution in [2.45, 2.75) is 64.6 Å². The molecule has 0 radical (unpaired) electrons. The molecule has 42 heavy (non-hydrogen) atoms. The van der Waals surface area contributed by atoms with Gasteiger partial charge in [0.15, 0.2) is 0 Å². The van der Waals surface area contributed by atoms with Crippen LogP contribution >= 0.6 is 0 Å². The standard InChI is InChI=1S/C33H38N4O5/c1-21-18-28(40-5)26(25-13-17-37(29(21)25)32(39)42-33(2,3)4)20-36-16-12-24(30-34-14-7-15-35-30)19-27(36)22-8-10-23(11-9-22)31(38)41-6/h7-11,13-15,17-18,24,27H,12,16,19-20H2,1-6H3/t24?,27-/m0/s1. The van der Waals surface area contributed by atoms with Crippen molar-refractivity contribution < 1.29 is 23.8 Å². The molecule has 0 N–H and O–H groups in total. The van der Waals surface area contributed by atoms with E-state index in [-0.39, 0.29) is 17.9 Å². The molecule has 0 spiro atoms. The second kappa shape index (κ2) is 11.9. The third-order valence-electron chi connectivity index (χ3n) is 7.78. The Hall–Kier alpha value is -4.24. The molecule has 9 heteroatoms. The van der Waals surface area contributed by atoms with Crippen molar-refractivity contribution in [1.29, 1.82) is 0 Å². The van der Waals surface area contributed by atoms with Gasteiger partial charge in [0.05, 0.1) is 25.3 Å².